The molecule has 0 aliphatic carbocycles. The van der Waals surface area contributed by atoms with Crippen LogP contribution in [0.25, 0.3) is 0 Å². The maximum absolute atomic E-state index is 12.4. The summed E-state index contributed by atoms with van der Waals surface area (Å²) >= 11 is 1.35. The Morgan fingerprint density at radius 1 is 1.04 bits per heavy atom. The maximum Gasteiger partial charge on any atom is 0.268 e. The first kappa shape index (κ1) is 17.9. The van der Waals surface area contributed by atoms with Crippen molar-refractivity contribution in [2.24, 2.45) is 5.16 Å². The van der Waals surface area contributed by atoms with Crippen LogP contribution in [0.4, 0.5) is 10.8 Å². The molecule has 1 aliphatic heterocycles. The van der Waals surface area contributed by atoms with Gasteiger partial charge in [-0.05, 0) is 29.8 Å². The molecular formula is C20H16N4O3S. The number of hydrogen-bond donors (Lipinski definition) is 2. The predicted molar refractivity (Wildman–Crippen MR) is 108 cm³/mol. The van der Waals surface area contributed by atoms with E-state index in [9.17, 15) is 9.59 Å². The van der Waals surface area contributed by atoms with E-state index in [2.05, 4.69) is 20.8 Å². The average Bonchev–Trinajstić information content (AvgIpc) is 3.41. The minimum Gasteiger partial charge on any atom is -0.382 e. The Labute approximate surface area is 165 Å². The minimum absolute atomic E-state index is 0.257. The molecule has 1 atom stereocenters. The van der Waals surface area contributed by atoms with Crippen LogP contribution in [0.1, 0.15) is 22.3 Å². The van der Waals surface area contributed by atoms with E-state index in [1.54, 1.807) is 35.8 Å². The van der Waals surface area contributed by atoms with Gasteiger partial charge in [0.2, 0.25) is 6.10 Å². The van der Waals surface area contributed by atoms with Crippen LogP contribution in [0.5, 0.6) is 0 Å². The molecule has 0 radical (unpaired) electrons. The van der Waals surface area contributed by atoms with Gasteiger partial charge in [-0.1, -0.05) is 35.5 Å². The molecule has 0 saturated carbocycles. The fourth-order valence-corrected chi connectivity index (χ4v) is 3.23. The van der Waals surface area contributed by atoms with Crippen molar-refractivity contribution in [1.29, 1.82) is 0 Å². The molecule has 8 heteroatoms. The van der Waals surface area contributed by atoms with E-state index in [4.69, 9.17) is 4.84 Å². The van der Waals surface area contributed by atoms with Gasteiger partial charge in [-0.25, -0.2) is 4.98 Å². The smallest absolute Gasteiger partial charge is 0.268 e. The summed E-state index contributed by atoms with van der Waals surface area (Å²) < 4.78 is 0. The number of thiazole rings is 1. The predicted octanol–water partition coefficient (Wildman–Crippen LogP) is 3.53. The van der Waals surface area contributed by atoms with Crippen molar-refractivity contribution in [2.75, 3.05) is 10.6 Å². The van der Waals surface area contributed by atoms with E-state index in [0.29, 0.717) is 22.8 Å². The summed E-state index contributed by atoms with van der Waals surface area (Å²) in [7, 11) is 0. The van der Waals surface area contributed by atoms with Crippen LogP contribution >= 0.6 is 11.3 Å². The molecule has 1 aliphatic rings. The second-order valence-electron chi connectivity index (χ2n) is 6.06. The number of benzene rings is 2. The standard InChI is InChI=1S/C20H16N4O3S/c25-18(23-20-21-10-11-28-20)14-6-8-15(9-7-14)22-19(26)17-12-16(24-27-17)13-4-2-1-3-5-13/h1-11,17H,12H2,(H,22,26)(H,21,23,25). The van der Waals surface area contributed by atoms with Crippen molar-refractivity contribution >= 4 is 39.7 Å². The molecule has 7 nitrogen and oxygen atoms in total. The van der Waals surface area contributed by atoms with Gasteiger partial charge in [0.25, 0.3) is 11.8 Å². The van der Waals surface area contributed by atoms with E-state index in [1.807, 2.05) is 30.3 Å². The zero-order chi connectivity index (χ0) is 19.3. The number of amides is 2. The molecule has 3 aromatic rings. The van der Waals surface area contributed by atoms with Crippen molar-refractivity contribution < 1.29 is 14.4 Å². The highest BCUT2D eigenvalue weighted by Crippen LogP contribution is 2.19. The fraction of sp³-hybridized carbons (Fsp3) is 0.100. The number of nitrogens with zero attached hydrogens (tertiary/aromatic N) is 2. The number of aromatic nitrogens is 1. The lowest BCUT2D eigenvalue weighted by Gasteiger charge is -2.10. The van der Waals surface area contributed by atoms with Gasteiger partial charge in [0.1, 0.15) is 0 Å². The van der Waals surface area contributed by atoms with Crippen LogP contribution in [0.2, 0.25) is 0 Å². The van der Waals surface area contributed by atoms with Crippen molar-refractivity contribution in [3.63, 3.8) is 0 Å². The molecule has 0 saturated heterocycles. The van der Waals surface area contributed by atoms with E-state index in [-0.39, 0.29) is 11.8 Å². The number of hydrogen-bond acceptors (Lipinski definition) is 6. The molecule has 2 N–H and O–H groups in total. The molecule has 4 rings (SSSR count). The Bertz CT molecular complexity index is 1000. The number of nitrogens with one attached hydrogen (secondary N) is 2. The lowest BCUT2D eigenvalue weighted by Crippen LogP contribution is -2.28. The lowest BCUT2D eigenvalue weighted by molar-refractivity contribution is -0.125. The fourth-order valence-electron chi connectivity index (χ4n) is 2.70. The van der Waals surface area contributed by atoms with Gasteiger partial charge < -0.3 is 10.2 Å². The summed E-state index contributed by atoms with van der Waals surface area (Å²) in [4.78, 5) is 33.9. The third-order valence-electron chi connectivity index (χ3n) is 4.14. The lowest BCUT2D eigenvalue weighted by atomic mass is 10.0. The van der Waals surface area contributed by atoms with Crippen molar-refractivity contribution in [3.05, 3.63) is 77.3 Å². The second-order valence-corrected chi connectivity index (χ2v) is 6.95. The minimum atomic E-state index is -0.678. The van der Waals surface area contributed by atoms with E-state index in [0.717, 1.165) is 11.3 Å². The Morgan fingerprint density at radius 3 is 2.54 bits per heavy atom. The normalized spacial score (nSPS) is 15.4. The number of rotatable bonds is 5. The maximum atomic E-state index is 12.4. The number of anilines is 2. The molecule has 2 aromatic carbocycles. The first-order valence-electron chi connectivity index (χ1n) is 8.59. The van der Waals surface area contributed by atoms with E-state index >= 15 is 0 Å². The molecule has 2 heterocycles. The quantitative estimate of drug-likeness (QED) is 0.695. The van der Waals surface area contributed by atoms with Gasteiger partial charge in [-0.15, -0.1) is 11.3 Å². The monoisotopic (exact) mass is 392 g/mol. The summed E-state index contributed by atoms with van der Waals surface area (Å²) in [6, 6.07) is 16.2. The number of oxime groups is 1. The topological polar surface area (TPSA) is 92.7 Å². The molecule has 140 valence electrons. The van der Waals surface area contributed by atoms with Crippen LogP contribution in [0.15, 0.2) is 71.3 Å². The van der Waals surface area contributed by atoms with E-state index < -0.39 is 6.10 Å². The van der Waals surface area contributed by atoms with E-state index in [1.165, 1.54) is 11.3 Å². The van der Waals surface area contributed by atoms with Crippen molar-refractivity contribution in [3.8, 4) is 0 Å². The highest BCUT2D eigenvalue weighted by atomic mass is 32.1. The van der Waals surface area contributed by atoms with Crippen LogP contribution in [-0.2, 0) is 9.63 Å². The summed E-state index contributed by atoms with van der Waals surface area (Å²) in [5, 5.41) is 11.8. The van der Waals surface area contributed by atoms with Crippen LogP contribution < -0.4 is 10.6 Å². The third-order valence-corrected chi connectivity index (χ3v) is 4.82. The molecule has 0 fully saturated rings. The molecule has 1 unspecified atom stereocenters. The summed E-state index contributed by atoms with van der Waals surface area (Å²) in [6.45, 7) is 0. The molecular weight excluding hydrogens is 376 g/mol. The highest BCUT2D eigenvalue weighted by Gasteiger charge is 2.28. The Hall–Kier alpha value is -3.52. The first-order valence-corrected chi connectivity index (χ1v) is 9.47. The van der Waals surface area contributed by atoms with Gasteiger partial charge in [0, 0.05) is 29.2 Å². The first-order chi connectivity index (χ1) is 13.7. The molecule has 0 spiro atoms. The molecule has 0 bridgehead atoms. The largest absolute Gasteiger partial charge is 0.382 e. The molecule has 28 heavy (non-hydrogen) atoms. The van der Waals surface area contributed by atoms with Gasteiger partial charge in [0.15, 0.2) is 5.13 Å². The SMILES string of the molecule is O=C(Nc1nccs1)c1ccc(NC(=O)C2CC(c3ccccc3)=NO2)cc1. The summed E-state index contributed by atoms with van der Waals surface area (Å²) in [5.74, 6) is -0.539. The number of carbonyl (C=O) groups excluding carboxylic acids is 2. The van der Waals surface area contributed by atoms with Crippen molar-refractivity contribution in [1.82, 2.24) is 4.98 Å². The Balaban J connectivity index is 1.33. The molecule has 1 aromatic heterocycles. The average molecular weight is 392 g/mol. The van der Waals surface area contributed by atoms with Crippen LogP contribution in [-0.4, -0.2) is 28.6 Å². The van der Waals surface area contributed by atoms with Crippen LogP contribution in [0.3, 0.4) is 0 Å². The third kappa shape index (κ3) is 4.07. The number of carbonyl (C=O) groups is 2. The van der Waals surface area contributed by atoms with Gasteiger partial charge in [-0.3, -0.25) is 14.9 Å². The Morgan fingerprint density at radius 2 is 1.82 bits per heavy atom. The summed E-state index contributed by atoms with van der Waals surface area (Å²) in [5.41, 5.74) is 2.73. The van der Waals surface area contributed by atoms with Crippen LogP contribution in [0, 0.1) is 0 Å². The van der Waals surface area contributed by atoms with Gasteiger partial charge in [-0.2, -0.15) is 0 Å². The van der Waals surface area contributed by atoms with Gasteiger partial charge in [0.05, 0.1) is 5.71 Å². The Kier molecular flexibility index (Phi) is 5.11. The molecule has 2 amide bonds. The highest BCUT2D eigenvalue weighted by molar-refractivity contribution is 7.13. The van der Waals surface area contributed by atoms with Crippen molar-refractivity contribution in [2.45, 2.75) is 12.5 Å². The zero-order valence-electron chi connectivity index (χ0n) is 14.7. The zero-order valence-corrected chi connectivity index (χ0v) is 15.5. The summed E-state index contributed by atoms with van der Waals surface area (Å²) in [6.07, 6.45) is 1.35. The van der Waals surface area contributed by atoms with Gasteiger partial charge >= 0.3 is 0 Å². The second kappa shape index (κ2) is 8.01.